The molecule has 3 nitrogen and oxygen atoms in total. The molecular formula is C16H24N2O. The van der Waals surface area contributed by atoms with Gasteiger partial charge >= 0.3 is 0 Å². The number of hydrogen-bond acceptors (Lipinski definition) is 2. The second kappa shape index (κ2) is 6.20. The van der Waals surface area contributed by atoms with Gasteiger partial charge in [0.2, 0.25) is 0 Å². The molecule has 0 spiro atoms. The van der Waals surface area contributed by atoms with Crippen LogP contribution in [0.4, 0.5) is 0 Å². The second-order valence-electron chi connectivity index (χ2n) is 5.62. The number of aryl methyl sites for hydroxylation is 1. The molecule has 104 valence electrons. The van der Waals surface area contributed by atoms with Crippen LogP contribution in [0.1, 0.15) is 42.1 Å². The molecular weight excluding hydrogens is 236 g/mol. The number of benzene rings is 1. The average molecular weight is 260 g/mol. The minimum absolute atomic E-state index is 0.0463. The van der Waals surface area contributed by atoms with Gasteiger partial charge in [-0.15, -0.1) is 0 Å². The van der Waals surface area contributed by atoms with E-state index >= 15 is 0 Å². The fourth-order valence-corrected chi connectivity index (χ4v) is 2.73. The summed E-state index contributed by atoms with van der Waals surface area (Å²) in [6.07, 6.45) is 4.71. The van der Waals surface area contributed by atoms with E-state index in [-0.39, 0.29) is 11.3 Å². The summed E-state index contributed by atoms with van der Waals surface area (Å²) in [5.74, 6) is 0.0463. The van der Waals surface area contributed by atoms with E-state index in [2.05, 4.69) is 17.6 Å². The van der Waals surface area contributed by atoms with E-state index in [0.717, 1.165) is 25.1 Å². The SMILES string of the molecule is CCc1ccc(C(=O)NCC2(CNC)CCC2)cc1. The third-order valence-corrected chi connectivity index (χ3v) is 4.21. The number of rotatable bonds is 6. The molecule has 1 aromatic rings. The van der Waals surface area contributed by atoms with Gasteiger partial charge < -0.3 is 10.6 Å². The maximum absolute atomic E-state index is 12.1. The first-order valence-corrected chi connectivity index (χ1v) is 7.21. The largest absolute Gasteiger partial charge is 0.351 e. The van der Waals surface area contributed by atoms with Crippen LogP contribution in [-0.2, 0) is 6.42 Å². The molecule has 1 fully saturated rings. The topological polar surface area (TPSA) is 41.1 Å². The van der Waals surface area contributed by atoms with Gasteiger partial charge in [0, 0.05) is 24.1 Å². The normalized spacial score (nSPS) is 16.7. The van der Waals surface area contributed by atoms with Crippen molar-refractivity contribution in [3.05, 3.63) is 35.4 Å². The van der Waals surface area contributed by atoms with Gasteiger partial charge in [0.25, 0.3) is 5.91 Å². The summed E-state index contributed by atoms with van der Waals surface area (Å²) in [5.41, 5.74) is 2.31. The van der Waals surface area contributed by atoms with Gasteiger partial charge in [0.15, 0.2) is 0 Å². The van der Waals surface area contributed by atoms with E-state index in [9.17, 15) is 4.79 Å². The Kier molecular flexibility index (Phi) is 4.59. The highest BCUT2D eigenvalue weighted by Gasteiger charge is 2.36. The molecule has 1 amide bonds. The van der Waals surface area contributed by atoms with Crippen molar-refractivity contribution < 1.29 is 4.79 Å². The van der Waals surface area contributed by atoms with Crippen molar-refractivity contribution in [2.75, 3.05) is 20.1 Å². The maximum atomic E-state index is 12.1. The lowest BCUT2D eigenvalue weighted by Gasteiger charge is -2.42. The van der Waals surface area contributed by atoms with E-state index in [1.54, 1.807) is 0 Å². The van der Waals surface area contributed by atoms with Crippen LogP contribution < -0.4 is 10.6 Å². The zero-order valence-electron chi connectivity index (χ0n) is 12.0. The van der Waals surface area contributed by atoms with Gasteiger partial charge in [0.1, 0.15) is 0 Å². The molecule has 0 heterocycles. The van der Waals surface area contributed by atoms with E-state index in [0.29, 0.717) is 0 Å². The smallest absolute Gasteiger partial charge is 0.251 e. The molecule has 1 aliphatic carbocycles. The Balaban J connectivity index is 1.89. The van der Waals surface area contributed by atoms with Crippen molar-refractivity contribution in [1.29, 1.82) is 0 Å². The summed E-state index contributed by atoms with van der Waals surface area (Å²) < 4.78 is 0. The summed E-state index contributed by atoms with van der Waals surface area (Å²) in [5, 5.41) is 6.32. The zero-order chi connectivity index (χ0) is 13.7. The molecule has 2 rings (SSSR count). The highest BCUT2D eigenvalue weighted by atomic mass is 16.1. The van der Waals surface area contributed by atoms with Gasteiger partial charge in [0.05, 0.1) is 0 Å². The van der Waals surface area contributed by atoms with Crippen molar-refractivity contribution in [3.8, 4) is 0 Å². The van der Waals surface area contributed by atoms with Crippen LogP contribution in [0.25, 0.3) is 0 Å². The first kappa shape index (κ1) is 14.1. The van der Waals surface area contributed by atoms with Crippen molar-refractivity contribution in [3.63, 3.8) is 0 Å². The number of amides is 1. The van der Waals surface area contributed by atoms with Gasteiger partial charge in [-0.3, -0.25) is 4.79 Å². The highest BCUT2D eigenvalue weighted by Crippen LogP contribution is 2.39. The number of nitrogens with one attached hydrogen (secondary N) is 2. The van der Waals surface area contributed by atoms with Gasteiger partial charge in [-0.25, -0.2) is 0 Å². The molecule has 2 N–H and O–H groups in total. The molecule has 0 radical (unpaired) electrons. The van der Waals surface area contributed by atoms with Crippen LogP contribution in [0.2, 0.25) is 0 Å². The predicted octanol–water partition coefficient (Wildman–Crippen LogP) is 2.37. The summed E-state index contributed by atoms with van der Waals surface area (Å²) in [6, 6.07) is 7.89. The summed E-state index contributed by atoms with van der Waals surface area (Å²) in [4.78, 5) is 12.1. The summed E-state index contributed by atoms with van der Waals surface area (Å²) >= 11 is 0. The van der Waals surface area contributed by atoms with Crippen molar-refractivity contribution in [2.45, 2.75) is 32.6 Å². The van der Waals surface area contributed by atoms with Crippen LogP contribution in [0.5, 0.6) is 0 Å². The van der Waals surface area contributed by atoms with E-state index < -0.39 is 0 Å². The molecule has 0 saturated heterocycles. The first-order valence-electron chi connectivity index (χ1n) is 7.21. The van der Waals surface area contributed by atoms with E-state index in [1.807, 2.05) is 31.3 Å². The molecule has 0 atom stereocenters. The van der Waals surface area contributed by atoms with Gasteiger partial charge in [-0.2, -0.15) is 0 Å². The number of carbonyl (C=O) groups is 1. The number of hydrogen-bond donors (Lipinski definition) is 2. The first-order chi connectivity index (χ1) is 9.19. The Morgan fingerprint density at radius 3 is 2.37 bits per heavy atom. The van der Waals surface area contributed by atoms with E-state index in [1.165, 1.54) is 24.8 Å². The van der Waals surface area contributed by atoms with Crippen LogP contribution in [0.15, 0.2) is 24.3 Å². The molecule has 1 saturated carbocycles. The van der Waals surface area contributed by atoms with Gasteiger partial charge in [-0.05, 0) is 44.0 Å². The zero-order valence-corrected chi connectivity index (χ0v) is 12.0. The third-order valence-electron chi connectivity index (χ3n) is 4.21. The lowest BCUT2D eigenvalue weighted by molar-refractivity contribution is 0.0862. The minimum atomic E-state index is 0.0463. The fraction of sp³-hybridized carbons (Fsp3) is 0.562. The Bertz CT molecular complexity index is 421. The van der Waals surface area contributed by atoms with Crippen LogP contribution >= 0.6 is 0 Å². The molecule has 1 aliphatic rings. The lowest BCUT2D eigenvalue weighted by atomic mass is 9.68. The molecule has 0 aromatic heterocycles. The van der Waals surface area contributed by atoms with Crippen molar-refractivity contribution in [2.24, 2.45) is 5.41 Å². The summed E-state index contributed by atoms with van der Waals surface area (Å²) in [7, 11) is 1.98. The quantitative estimate of drug-likeness (QED) is 0.824. The monoisotopic (exact) mass is 260 g/mol. The fourth-order valence-electron chi connectivity index (χ4n) is 2.73. The Hall–Kier alpha value is -1.35. The molecule has 0 bridgehead atoms. The number of carbonyl (C=O) groups excluding carboxylic acids is 1. The minimum Gasteiger partial charge on any atom is -0.351 e. The Morgan fingerprint density at radius 2 is 1.89 bits per heavy atom. The maximum Gasteiger partial charge on any atom is 0.251 e. The second-order valence-corrected chi connectivity index (χ2v) is 5.62. The highest BCUT2D eigenvalue weighted by molar-refractivity contribution is 5.94. The van der Waals surface area contributed by atoms with Crippen LogP contribution in [0.3, 0.4) is 0 Å². The molecule has 3 heteroatoms. The molecule has 0 aliphatic heterocycles. The molecule has 1 aromatic carbocycles. The standard InChI is InChI=1S/C16H24N2O/c1-3-13-5-7-14(8-6-13)15(19)18-12-16(11-17-2)9-4-10-16/h5-8,17H,3-4,9-12H2,1-2H3,(H,18,19). The van der Waals surface area contributed by atoms with Crippen molar-refractivity contribution >= 4 is 5.91 Å². The van der Waals surface area contributed by atoms with E-state index in [4.69, 9.17) is 0 Å². The average Bonchev–Trinajstić information content (AvgIpc) is 2.41. The lowest BCUT2D eigenvalue weighted by Crippen LogP contribution is -2.47. The van der Waals surface area contributed by atoms with Crippen LogP contribution in [-0.4, -0.2) is 26.0 Å². The summed E-state index contributed by atoms with van der Waals surface area (Å²) in [6.45, 7) is 3.89. The molecule has 0 unspecified atom stereocenters. The third kappa shape index (κ3) is 3.35. The van der Waals surface area contributed by atoms with Crippen molar-refractivity contribution in [1.82, 2.24) is 10.6 Å². The molecule has 19 heavy (non-hydrogen) atoms. The predicted molar refractivity (Wildman–Crippen MR) is 78.4 cm³/mol. The Morgan fingerprint density at radius 1 is 1.21 bits per heavy atom. The Labute approximate surface area is 115 Å². The van der Waals surface area contributed by atoms with Gasteiger partial charge in [-0.1, -0.05) is 25.5 Å². The van der Waals surface area contributed by atoms with Crippen LogP contribution in [0, 0.1) is 5.41 Å².